The number of aliphatic hydroxyl groups is 1. The number of benzene rings is 2. The first kappa shape index (κ1) is 13.5. The van der Waals surface area contributed by atoms with Crippen molar-refractivity contribution in [3.63, 3.8) is 0 Å². The minimum atomic E-state index is -0.492. The Morgan fingerprint density at radius 2 is 1.89 bits per heavy atom. The molecule has 0 spiro atoms. The molecule has 1 unspecified atom stereocenters. The van der Waals surface area contributed by atoms with Crippen molar-refractivity contribution in [2.45, 2.75) is 17.9 Å². The molecule has 0 radical (unpaired) electrons. The maximum absolute atomic E-state index is 10.1. The van der Waals surface area contributed by atoms with Gasteiger partial charge in [-0.25, -0.2) is 0 Å². The average Bonchev–Trinajstić information content (AvgIpc) is 2.40. The van der Waals surface area contributed by atoms with Crippen LogP contribution < -0.4 is 0 Å². The van der Waals surface area contributed by atoms with Crippen LogP contribution in [0.15, 0.2) is 53.4 Å². The van der Waals surface area contributed by atoms with E-state index in [0.29, 0.717) is 10.8 Å². The van der Waals surface area contributed by atoms with E-state index in [2.05, 4.69) is 0 Å². The summed E-state index contributed by atoms with van der Waals surface area (Å²) in [5.74, 6) is 0.628. The summed E-state index contributed by atoms with van der Waals surface area (Å²) in [4.78, 5) is 1.16. The van der Waals surface area contributed by atoms with Crippen molar-refractivity contribution in [3.8, 4) is 0 Å². The Bertz CT molecular complexity index is 513. The van der Waals surface area contributed by atoms with E-state index in [9.17, 15) is 5.11 Å². The van der Waals surface area contributed by atoms with Crippen LogP contribution in [-0.2, 0) is 0 Å². The molecule has 94 valence electrons. The van der Waals surface area contributed by atoms with Crippen molar-refractivity contribution < 1.29 is 5.11 Å². The van der Waals surface area contributed by atoms with Crippen LogP contribution in [0.25, 0.3) is 0 Å². The van der Waals surface area contributed by atoms with E-state index in [1.807, 2.05) is 55.5 Å². The normalized spacial score (nSPS) is 12.4. The molecule has 3 heteroatoms. The van der Waals surface area contributed by atoms with Crippen LogP contribution in [0, 0.1) is 6.92 Å². The molecule has 0 amide bonds. The minimum absolute atomic E-state index is 0.492. The third-order valence-electron chi connectivity index (χ3n) is 2.73. The molecule has 0 aromatic heterocycles. The second-order valence-electron chi connectivity index (χ2n) is 4.15. The second-order valence-corrected chi connectivity index (χ2v) is 5.65. The van der Waals surface area contributed by atoms with Gasteiger partial charge in [-0.2, -0.15) is 0 Å². The highest BCUT2D eigenvalue weighted by Gasteiger charge is 2.09. The summed E-state index contributed by atoms with van der Waals surface area (Å²) in [6.45, 7) is 1.96. The summed E-state index contributed by atoms with van der Waals surface area (Å²) in [6.07, 6.45) is -0.492. The van der Waals surface area contributed by atoms with E-state index >= 15 is 0 Å². The van der Waals surface area contributed by atoms with Crippen molar-refractivity contribution >= 4 is 23.4 Å². The van der Waals surface area contributed by atoms with Gasteiger partial charge in [-0.15, -0.1) is 11.8 Å². The Morgan fingerprint density at radius 3 is 2.56 bits per heavy atom. The lowest BCUT2D eigenvalue weighted by Crippen LogP contribution is -2.00. The smallest absolute Gasteiger partial charge is 0.0884 e. The average molecular weight is 279 g/mol. The fourth-order valence-corrected chi connectivity index (χ4v) is 2.69. The molecule has 0 fully saturated rings. The van der Waals surface area contributed by atoms with Crippen LogP contribution >= 0.6 is 23.4 Å². The molecule has 0 bridgehead atoms. The lowest BCUT2D eigenvalue weighted by atomic mass is 10.1. The molecule has 1 atom stereocenters. The zero-order valence-electron chi connectivity index (χ0n) is 10.1. The third kappa shape index (κ3) is 3.52. The Balaban J connectivity index is 1.99. The summed E-state index contributed by atoms with van der Waals surface area (Å²) >= 11 is 7.70. The number of hydrogen-bond donors (Lipinski definition) is 1. The predicted molar refractivity (Wildman–Crippen MR) is 78.3 cm³/mol. The Hall–Kier alpha value is -0.960. The molecule has 1 nitrogen and oxygen atoms in total. The highest BCUT2D eigenvalue weighted by Crippen LogP contribution is 2.27. The fourth-order valence-electron chi connectivity index (χ4n) is 1.60. The van der Waals surface area contributed by atoms with Crippen molar-refractivity contribution in [1.29, 1.82) is 0 Å². The van der Waals surface area contributed by atoms with E-state index in [1.165, 1.54) is 0 Å². The molecule has 2 aromatic carbocycles. The Morgan fingerprint density at radius 1 is 1.17 bits per heavy atom. The first-order valence-corrected chi connectivity index (χ1v) is 7.15. The van der Waals surface area contributed by atoms with Gasteiger partial charge in [0, 0.05) is 15.7 Å². The highest BCUT2D eigenvalue weighted by molar-refractivity contribution is 7.99. The van der Waals surface area contributed by atoms with Gasteiger partial charge in [0.15, 0.2) is 0 Å². The molecule has 18 heavy (non-hydrogen) atoms. The van der Waals surface area contributed by atoms with Crippen molar-refractivity contribution in [2.24, 2.45) is 0 Å². The first-order chi connectivity index (χ1) is 8.66. The van der Waals surface area contributed by atoms with Crippen LogP contribution in [-0.4, -0.2) is 10.9 Å². The molecular formula is C15H15ClOS. The summed E-state index contributed by atoms with van der Waals surface area (Å²) < 4.78 is 0. The van der Waals surface area contributed by atoms with Gasteiger partial charge in [-0.1, -0.05) is 41.9 Å². The van der Waals surface area contributed by atoms with Crippen molar-refractivity contribution in [2.75, 3.05) is 5.75 Å². The van der Waals surface area contributed by atoms with Gasteiger partial charge in [-0.05, 0) is 36.2 Å². The summed E-state index contributed by atoms with van der Waals surface area (Å²) in [5, 5.41) is 10.8. The Kier molecular flexibility index (Phi) is 4.70. The topological polar surface area (TPSA) is 20.2 Å². The number of hydrogen-bond acceptors (Lipinski definition) is 2. The SMILES string of the molecule is Cc1ccc(C(O)CSc2ccccc2)cc1Cl. The lowest BCUT2D eigenvalue weighted by molar-refractivity contribution is 0.204. The molecule has 0 aliphatic carbocycles. The number of aliphatic hydroxyl groups excluding tert-OH is 1. The van der Waals surface area contributed by atoms with Crippen LogP contribution in [0.1, 0.15) is 17.2 Å². The maximum Gasteiger partial charge on any atom is 0.0884 e. The molecule has 0 saturated heterocycles. The van der Waals surface area contributed by atoms with E-state index < -0.39 is 6.10 Å². The van der Waals surface area contributed by atoms with Gasteiger partial charge in [0.1, 0.15) is 0 Å². The zero-order valence-corrected chi connectivity index (χ0v) is 11.7. The quantitative estimate of drug-likeness (QED) is 0.833. The molecule has 0 saturated carbocycles. The van der Waals surface area contributed by atoms with Crippen LogP contribution in [0.2, 0.25) is 5.02 Å². The monoisotopic (exact) mass is 278 g/mol. The molecule has 0 aliphatic rings. The lowest BCUT2D eigenvalue weighted by Gasteiger charge is -2.11. The molecule has 2 rings (SSSR count). The van der Waals surface area contributed by atoms with Gasteiger partial charge in [0.05, 0.1) is 6.10 Å². The van der Waals surface area contributed by atoms with E-state index in [1.54, 1.807) is 11.8 Å². The van der Waals surface area contributed by atoms with Gasteiger partial charge >= 0.3 is 0 Å². The Labute approximate surface area is 117 Å². The number of rotatable bonds is 4. The summed E-state index contributed by atoms with van der Waals surface area (Å²) in [7, 11) is 0. The van der Waals surface area contributed by atoms with Gasteiger partial charge in [0.25, 0.3) is 0 Å². The molecular weight excluding hydrogens is 264 g/mol. The number of aryl methyl sites for hydroxylation is 1. The predicted octanol–water partition coefficient (Wildman–Crippen LogP) is 4.47. The van der Waals surface area contributed by atoms with E-state index in [-0.39, 0.29) is 0 Å². The number of halogens is 1. The first-order valence-electron chi connectivity index (χ1n) is 5.79. The summed E-state index contributed by atoms with van der Waals surface area (Å²) in [6, 6.07) is 15.8. The van der Waals surface area contributed by atoms with Gasteiger partial charge in [-0.3, -0.25) is 0 Å². The van der Waals surface area contributed by atoms with Crippen LogP contribution in [0.4, 0.5) is 0 Å². The van der Waals surface area contributed by atoms with Gasteiger partial charge < -0.3 is 5.11 Å². The van der Waals surface area contributed by atoms with Gasteiger partial charge in [0.2, 0.25) is 0 Å². The fraction of sp³-hybridized carbons (Fsp3) is 0.200. The van der Waals surface area contributed by atoms with Crippen molar-refractivity contribution in [3.05, 3.63) is 64.7 Å². The number of thioether (sulfide) groups is 1. The molecule has 0 heterocycles. The van der Waals surface area contributed by atoms with E-state index in [4.69, 9.17) is 11.6 Å². The zero-order chi connectivity index (χ0) is 13.0. The largest absolute Gasteiger partial charge is 0.388 e. The minimum Gasteiger partial charge on any atom is -0.388 e. The van der Waals surface area contributed by atoms with Crippen LogP contribution in [0.3, 0.4) is 0 Å². The molecule has 2 aromatic rings. The van der Waals surface area contributed by atoms with Crippen molar-refractivity contribution in [1.82, 2.24) is 0 Å². The highest BCUT2D eigenvalue weighted by atomic mass is 35.5. The molecule has 1 N–H and O–H groups in total. The van der Waals surface area contributed by atoms with E-state index in [0.717, 1.165) is 16.0 Å². The maximum atomic E-state index is 10.1. The summed E-state index contributed by atoms with van der Waals surface area (Å²) in [5.41, 5.74) is 1.90. The third-order valence-corrected chi connectivity index (χ3v) is 4.23. The second kappa shape index (κ2) is 6.28. The standard InChI is InChI=1S/C15H15ClOS/c1-11-7-8-12(9-14(11)16)15(17)10-18-13-5-3-2-4-6-13/h2-9,15,17H,10H2,1H3. The molecule has 0 aliphatic heterocycles. The van der Waals surface area contributed by atoms with Crippen LogP contribution in [0.5, 0.6) is 0 Å².